The van der Waals surface area contributed by atoms with Gasteiger partial charge in [-0.3, -0.25) is 14.5 Å². The van der Waals surface area contributed by atoms with Gasteiger partial charge in [-0.05, 0) is 42.8 Å². The maximum absolute atomic E-state index is 13.4. The summed E-state index contributed by atoms with van der Waals surface area (Å²) in [5, 5.41) is 14.7. The minimum absolute atomic E-state index is 0.265. The molecule has 0 unspecified atom stereocenters. The van der Waals surface area contributed by atoms with Crippen LogP contribution in [0.4, 0.5) is 11.4 Å². The second kappa shape index (κ2) is 8.41. The normalized spacial score (nSPS) is 17.4. The Hall–Kier alpha value is -3.35. The molecule has 0 saturated heterocycles. The minimum atomic E-state index is -1.93. The first-order chi connectivity index (χ1) is 14.9. The number of hydrogen-bond donors (Lipinski definition) is 2. The lowest BCUT2D eigenvalue weighted by Crippen LogP contribution is -2.44. The minimum Gasteiger partial charge on any atom is -0.492 e. The van der Waals surface area contributed by atoms with E-state index in [1.54, 1.807) is 66.7 Å². The Bertz CT molecular complexity index is 1150. The van der Waals surface area contributed by atoms with Crippen LogP contribution in [-0.4, -0.2) is 30.1 Å². The molecule has 31 heavy (non-hydrogen) atoms. The van der Waals surface area contributed by atoms with Gasteiger partial charge in [0.2, 0.25) is 5.91 Å². The smallest absolute Gasteiger partial charge is 0.268 e. The lowest BCUT2D eigenvalue weighted by Gasteiger charge is -2.24. The molecule has 0 aromatic heterocycles. The number of amides is 2. The van der Waals surface area contributed by atoms with Crippen LogP contribution in [0.15, 0.2) is 72.8 Å². The van der Waals surface area contributed by atoms with Crippen molar-refractivity contribution >= 4 is 34.8 Å². The zero-order chi connectivity index (χ0) is 22.0. The molecule has 3 aromatic carbocycles. The number of halogens is 1. The number of rotatable bonds is 6. The van der Waals surface area contributed by atoms with Gasteiger partial charge in [0.15, 0.2) is 5.60 Å². The number of carbonyl (C=O) groups is 2. The molecular formula is C24H21ClN2O4. The summed E-state index contributed by atoms with van der Waals surface area (Å²) < 4.78 is 5.54. The van der Waals surface area contributed by atoms with Gasteiger partial charge in [-0.1, -0.05) is 54.1 Å². The van der Waals surface area contributed by atoms with Crippen LogP contribution in [0.3, 0.4) is 0 Å². The van der Waals surface area contributed by atoms with E-state index in [1.807, 2.05) is 13.0 Å². The Labute approximate surface area is 185 Å². The van der Waals surface area contributed by atoms with Crippen molar-refractivity contribution in [2.75, 3.05) is 23.4 Å². The van der Waals surface area contributed by atoms with Crippen molar-refractivity contribution in [3.8, 4) is 5.75 Å². The summed E-state index contributed by atoms with van der Waals surface area (Å²) in [7, 11) is 0. The average molecular weight is 437 g/mol. The Morgan fingerprint density at radius 2 is 1.84 bits per heavy atom. The van der Waals surface area contributed by atoms with Crippen LogP contribution >= 0.6 is 11.6 Å². The quantitative estimate of drug-likeness (QED) is 0.613. The first-order valence-corrected chi connectivity index (χ1v) is 10.2. The summed E-state index contributed by atoms with van der Waals surface area (Å²) >= 11 is 6.10. The molecule has 0 spiro atoms. The molecule has 0 aliphatic carbocycles. The highest BCUT2D eigenvalue weighted by atomic mass is 35.5. The zero-order valence-corrected chi connectivity index (χ0v) is 17.6. The number of ether oxygens (including phenoxy) is 1. The Balaban J connectivity index is 1.64. The van der Waals surface area contributed by atoms with E-state index in [0.717, 1.165) is 0 Å². The largest absolute Gasteiger partial charge is 0.492 e. The van der Waals surface area contributed by atoms with Crippen molar-refractivity contribution in [3.05, 3.63) is 88.9 Å². The van der Waals surface area contributed by atoms with Gasteiger partial charge >= 0.3 is 0 Å². The van der Waals surface area contributed by atoms with Gasteiger partial charge in [-0.15, -0.1) is 0 Å². The molecular weight excluding hydrogens is 416 g/mol. The Morgan fingerprint density at radius 3 is 2.61 bits per heavy atom. The fourth-order valence-electron chi connectivity index (χ4n) is 3.77. The lowest BCUT2D eigenvalue weighted by molar-refractivity contribution is -0.133. The number of nitrogens with one attached hydrogen (secondary N) is 1. The predicted octanol–water partition coefficient (Wildman–Crippen LogP) is 3.96. The van der Waals surface area contributed by atoms with Gasteiger partial charge in [0.05, 0.1) is 18.0 Å². The molecule has 0 fully saturated rings. The molecule has 6 nitrogen and oxygen atoms in total. The fourth-order valence-corrected chi connectivity index (χ4v) is 3.96. The van der Waals surface area contributed by atoms with Crippen LogP contribution in [0.2, 0.25) is 5.02 Å². The average Bonchev–Trinajstić information content (AvgIpc) is 2.98. The van der Waals surface area contributed by atoms with Crippen LogP contribution in [0.5, 0.6) is 5.75 Å². The molecule has 1 heterocycles. The second-order valence-corrected chi connectivity index (χ2v) is 7.54. The highest BCUT2D eigenvalue weighted by Crippen LogP contribution is 2.44. The summed E-state index contributed by atoms with van der Waals surface area (Å²) in [5.41, 5.74) is -0.181. The lowest BCUT2D eigenvalue weighted by atomic mass is 9.87. The molecule has 0 bridgehead atoms. The number of para-hydroxylation sites is 3. The van der Waals surface area contributed by atoms with Gasteiger partial charge in [0, 0.05) is 10.6 Å². The number of fused-ring (bicyclic) bond motifs is 1. The van der Waals surface area contributed by atoms with Gasteiger partial charge < -0.3 is 15.2 Å². The van der Waals surface area contributed by atoms with Crippen LogP contribution in [-0.2, 0) is 15.2 Å². The van der Waals surface area contributed by atoms with Crippen molar-refractivity contribution in [2.24, 2.45) is 0 Å². The van der Waals surface area contributed by atoms with Crippen LogP contribution in [0, 0.1) is 0 Å². The van der Waals surface area contributed by atoms with E-state index >= 15 is 0 Å². The third kappa shape index (κ3) is 3.76. The van der Waals surface area contributed by atoms with Crippen molar-refractivity contribution < 1.29 is 19.4 Å². The van der Waals surface area contributed by atoms with E-state index in [1.165, 1.54) is 4.90 Å². The third-order valence-electron chi connectivity index (χ3n) is 5.14. The first kappa shape index (κ1) is 20.9. The van der Waals surface area contributed by atoms with Gasteiger partial charge in [0.25, 0.3) is 5.91 Å². The maximum atomic E-state index is 13.4. The zero-order valence-electron chi connectivity index (χ0n) is 16.8. The number of aliphatic hydroxyl groups is 1. The standard InChI is InChI=1S/C24H21ClN2O4/c1-2-31-21-13-6-4-11-19(21)26-22(28)15-27-20-12-5-3-10-18(20)24(30,23(27)29)16-8-7-9-17(25)14-16/h3-14,30H,2,15H2,1H3,(H,26,28)/t24-/m0/s1. The van der Waals surface area contributed by atoms with E-state index in [-0.39, 0.29) is 6.54 Å². The van der Waals surface area contributed by atoms with Crippen molar-refractivity contribution in [1.82, 2.24) is 0 Å². The molecule has 1 atom stereocenters. The molecule has 3 aromatic rings. The van der Waals surface area contributed by atoms with E-state index in [9.17, 15) is 14.7 Å². The maximum Gasteiger partial charge on any atom is 0.268 e. The van der Waals surface area contributed by atoms with Crippen molar-refractivity contribution in [3.63, 3.8) is 0 Å². The van der Waals surface area contributed by atoms with E-state index in [0.29, 0.717) is 39.9 Å². The summed E-state index contributed by atoms with van der Waals surface area (Å²) in [5.74, 6) is -0.475. The molecule has 0 radical (unpaired) electrons. The number of anilines is 2. The van der Waals surface area contributed by atoms with Crippen LogP contribution in [0.1, 0.15) is 18.1 Å². The monoisotopic (exact) mass is 436 g/mol. The highest BCUT2D eigenvalue weighted by molar-refractivity contribution is 6.30. The molecule has 158 valence electrons. The molecule has 7 heteroatoms. The summed E-state index contributed by atoms with van der Waals surface area (Å²) in [6.45, 7) is 2.05. The number of hydrogen-bond acceptors (Lipinski definition) is 4. The molecule has 1 aliphatic rings. The Kier molecular flexibility index (Phi) is 5.67. The molecule has 2 N–H and O–H groups in total. The molecule has 0 saturated carbocycles. The van der Waals surface area contributed by atoms with Crippen molar-refractivity contribution in [1.29, 1.82) is 0 Å². The summed E-state index contributed by atoms with van der Waals surface area (Å²) in [4.78, 5) is 27.5. The fraction of sp³-hybridized carbons (Fsp3) is 0.167. The van der Waals surface area contributed by atoms with Gasteiger partial charge in [0.1, 0.15) is 12.3 Å². The van der Waals surface area contributed by atoms with Gasteiger partial charge in [-0.25, -0.2) is 0 Å². The Morgan fingerprint density at radius 1 is 1.10 bits per heavy atom. The van der Waals surface area contributed by atoms with E-state index in [2.05, 4.69) is 5.32 Å². The number of carbonyl (C=O) groups excluding carboxylic acids is 2. The predicted molar refractivity (Wildman–Crippen MR) is 119 cm³/mol. The third-order valence-corrected chi connectivity index (χ3v) is 5.38. The van der Waals surface area contributed by atoms with E-state index in [4.69, 9.17) is 16.3 Å². The molecule has 2 amide bonds. The topological polar surface area (TPSA) is 78.9 Å². The summed E-state index contributed by atoms with van der Waals surface area (Å²) in [6, 6.07) is 20.5. The molecule has 4 rings (SSSR count). The number of benzene rings is 3. The van der Waals surface area contributed by atoms with Crippen LogP contribution in [0.25, 0.3) is 0 Å². The molecule has 1 aliphatic heterocycles. The summed E-state index contributed by atoms with van der Waals surface area (Å²) in [6.07, 6.45) is 0. The second-order valence-electron chi connectivity index (χ2n) is 7.11. The highest BCUT2D eigenvalue weighted by Gasteiger charge is 2.51. The SMILES string of the molecule is CCOc1ccccc1NC(=O)CN1C(=O)[C@](O)(c2cccc(Cl)c2)c2ccccc21. The van der Waals surface area contributed by atoms with Crippen LogP contribution < -0.4 is 15.0 Å². The first-order valence-electron chi connectivity index (χ1n) is 9.86. The number of nitrogens with zero attached hydrogens (tertiary/aromatic N) is 1. The van der Waals surface area contributed by atoms with Crippen molar-refractivity contribution in [2.45, 2.75) is 12.5 Å². The van der Waals surface area contributed by atoms with Gasteiger partial charge in [-0.2, -0.15) is 0 Å². The van der Waals surface area contributed by atoms with E-state index < -0.39 is 17.4 Å².